The lowest BCUT2D eigenvalue weighted by molar-refractivity contribution is -0.130. The van der Waals surface area contributed by atoms with E-state index in [1.54, 1.807) is 5.57 Å². The highest BCUT2D eigenvalue weighted by Crippen LogP contribution is 2.61. The molecule has 4 nitrogen and oxygen atoms in total. The number of ketones is 1. The topological polar surface area (TPSA) is 60.8 Å². The normalized spacial score (nSPS) is 48.1. The fourth-order valence-corrected chi connectivity index (χ4v) is 8.89. The molecular formula is C28H43NO3. The third-order valence-electron chi connectivity index (χ3n) is 10.6. The van der Waals surface area contributed by atoms with E-state index < -0.39 is 0 Å². The zero-order chi connectivity index (χ0) is 22.9. The zero-order valence-electron chi connectivity index (χ0n) is 20.7. The van der Waals surface area contributed by atoms with Crippen molar-refractivity contribution >= 4 is 5.78 Å². The number of fused-ring (bicyclic) bond motifs is 4. The monoisotopic (exact) mass is 441 g/mol. The van der Waals surface area contributed by atoms with Gasteiger partial charge in [-0.2, -0.15) is 0 Å². The first-order chi connectivity index (χ1) is 15.1. The van der Waals surface area contributed by atoms with Crippen molar-refractivity contribution in [3.63, 3.8) is 0 Å². The number of likely N-dealkylation sites (tertiary alicyclic amines) is 1. The smallest absolute Gasteiger partial charge is 0.159 e. The standard InChI is InChI=1S/C28H43NO3/c1-15-10-26(32)27(29(5)14-15)17(3)19-6-7-20-21(16(19)2)12-23-22(20)13-25(31)24-11-18(30)8-9-28(23,24)4/h13,15-19,23-24,26-27,30,32H,6-12,14H2,1-5H3. The van der Waals surface area contributed by atoms with E-state index in [1.165, 1.54) is 11.1 Å². The number of rotatable bonds is 2. The SMILES string of the molecule is CC1CC(O)C(C(C)C2CCC3=C(CC4C3=CC(=O)C3CC(O)CCC34C)C2C)N(C)C1. The minimum absolute atomic E-state index is 0.00547. The highest BCUT2D eigenvalue weighted by atomic mass is 16.3. The molecular weight excluding hydrogens is 398 g/mol. The summed E-state index contributed by atoms with van der Waals surface area (Å²) in [6.07, 6.45) is 8.10. The van der Waals surface area contributed by atoms with Crippen LogP contribution in [0.4, 0.5) is 0 Å². The van der Waals surface area contributed by atoms with Crippen molar-refractivity contribution in [3.05, 3.63) is 22.8 Å². The van der Waals surface area contributed by atoms with Crippen LogP contribution in [0.5, 0.6) is 0 Å². The lowest BCUT2D eigenvalue weighted by Crippen LogP contribution is -2.54. The molecule has 0 radical (unpaired) electrons. The van der Waals surface area contributed by atoms with Crippen molar-refractivity contribution in [2.45, 2.75) is 90.9 Å². The van der Waals surface area contributed by atoms with Gasteiger partial charge in [-0.25, -0.2) is 0 Å². The zero-order valence-corrected chi connectivity index (χ0v) is 20.7. The van der Waals surface area contributed by atoms with E-state index >= 15 is 0 Å². The van der Waals surface area contributed by atoms with Gasteiger partial charge in [-0.05, 0) is 104 Å². The molecule has 0 aromatic heterocycles. The molecule has 0 bridgehead atoms. The number of aliphatic hydroxyl groups excluding tert-OH is 2. The molecule has 2 N–H and O–H groups in total. The molecule has 32 heavy (non-hydrogen) atoms. The first-order valence-corrected chi connectivity index (χ1v) is 13.2. The predicted molar refractivity (Wildman–Crippen MR) is 127 cm³/mol. The number of aliphatic hydroxyl groups is 2. The number of carbonyl (C=O) groups is 1. The summed E-state index contributed by atoms with van der Waals surface area (Å²) in [5.41, 5.74) is 4.44. The molecule has 4 heteroatoms. The molecule has 1 aliphatic heterocycles. The number of carbonyl (C=O) groups excluding carboxylic acids is 1. The minimum Gasteiger partial charge on any atom is -0.393 e. The first kappa shape index (κ1) is 22.8. The number of allylic oxidation sites excluding steroid dienone is 4. The second kappa shape index (κ2) is 8.06. The van der Waals surface area contributed by atoms with Gasteiger partial charge in [-0.3, -0.25) is 4.79 Å². The summed E-state index contributed by atoms with van der Waals surface area (Å²) in [6.45, 7) is 10.4. The van der Waals surface area contributed by atoms with Crippen molar-refractivity contribution in [2.24, 2.45) is 40.9 Å². The van der Waals surface area contributed by atoms with Crippen LogP contribution >= 0.6 is 0 Å². The van der Waals surface area contributed by atoms with Gasteiger partial charge in [-0.15, -0.1) is 0 Å². The summed E-state index contributed by atoms with van der Waals surface area (Å²) in [7, 11) is 2.19. The molecule has 2 fully saturated rings. The van der Waals surface area contributed by atoms with E-state index in [4.69, 9.17) is 0 Å². The summed E-state index contributed by atoms with van der Waals surface area (Å²) in [5, 5.41) is 21.2. The van der Waals surface area contributed by atoms with Gasteiger partial charge in [0, 0.05) is 18.5 Å². The van der Waals surface area contributed by atoms with Crippen LogP contribution in [-0.4, -0.2) is 52.7 Å². The predicted octanol–water partition coefficient (Wildman–Crippen LogP) is 4.36. The Bertz CT molecular complexity index is 834. The third kappa shape index (κ3) is 3.39. The molecule has 10 unspecified atom stereocenters. The van der Waals surface area contributed by atoms with E-state index in [-0.39, 0.29) is 35.4 Å². The summed E-state index contributed by atoms with van der Waals surface area (Å²) < 4.78 is 0. The Labute approximate surface area is 194 Å². The summed E-state index contributed by atoms with van der Waals surface area (Å²) >= 11 is 0. The number of piperidine rings is 1. The molecule has 0 aromatic rings. The maximum Gasteiger partial charge on any atom is 0.159 e. The quantitative estimate of drug-likeness (QED) is 0.668. The van der Waals surface area contributed by atoms with Gasteiger partial charge in [0.2, 0.25) is 0 Å². The number of nitrogens with zero attached hydrogens (tertiary/aromatic N) is 1. The highest BCUT2D eigenvalue weighted by Gasteiger charge is 2.55. The maximum atomic E-state index is 13.1. The van der Waals surface area contributed by atoms with Crippen LogP contribution in [0.15, 0.2) is 22.8 Å². The lowest BCUT2D eigenvalue weighted by atomic mass is 9.54. The Morgan fingerprint density at radius 2 is 1.91 bits per heavy atom. The summed E-state index contributed by atoms with van der Waals surface area (Å²) in [5.74, 6) is 2.79. The molecule has 1 saturated carbocycles. The van der Waals surface area contributed by atoms with Crippen LogP contribution in [0.25, 0.3) is 0 Å². The van der Waals surface area contributed by atoms with Gasteiger partial charge in [0.25, 0.3) is 0 Å². The molecule has 0 aromatic carbocycles. The van der Waals surface area contributed by atoms with E-state index in [0.717, 1.165) is 45.1 Å². The molecule has 0 spiro atoms. The van der Waals surface area contributed by atoms with Crippen LogP contribution in [0, 0.1) is 40.9 Å². The number of hydrogen-bond donors (Lipinski definition) is 2. The van der Waals surface area contributed by atoms with Crippen LogP contribution < -0.4 is 0 Å². The second-order valence-electron chi connectivity index (χ2n) is 12.4. The molecule has 10 atom stereocenters. The van der Waals surface area contributed by atoms with Crippen LogP contribution in [0.1, 0.15) is 72.6 Å². The Morgan fingerprint density at radius 3 is 2.62 bits per heavy atom. The van der Waals surface area contributed by atoms with Crippen molar-refractivity contribution in [3.8, 4) is 0 Å². The minimum atomic E-state index is -0.318. The number of hydrogen-bond acceptors (Lipinski definition) is 4. The molecule has 5 aliphatic rings. The van der Waals surface area contributed by atoms with Gasteiger partial charge in [0.1, 0.15) is 0 Å². The van der Waals surface area contributed by atoms with Crippen LogP contribution in [-0.2, 0) is 4.79 Å². The molecule has 4 aliphatic carbocycles. The average Bonchev–Trinajstić information content (AvgIpc) is 3.09. The fraction of sp³-hybridized carbons (Fsp3) is 0.821. The van der Waals surface area contributed by atoms with Gasteiger partial charge in [-0.1, -0.05) is 33.3 Å². The van der Waals surface area contributed by atoms with Gasteiger partial charge in [0.05, 0.1) is 12.2 Å². The summed E-state index contributed by atoms with van der Waals surface area (Å²) in [6, 6.07) is 0.243. The Kier molecular flexibility index (Phi) is 5.74. The maximum absolute atomic E-state index is 13.1. The van der Waals surface area contributed by atoms with E-state index in [2.05, 4.69) is 39.6 Å². The van der Waals surface area contributed by atoms with E-state index in [1.807, 2.05) is 6.08 Å². The Hall–Kier alpha value is -0.970. The van der Waals surface area contributed by atoms with Crippen molar-refractivity contribution < 1.29 is 15.0 Å². The molecule has 178 valence electrons. The molecule has 0 amide bonds. The number of likely N-dealkylation sites (N-methyl/N-ethyl adjacent to an activating group) is 1. The fourth-order valence-electron chi connectivity index (χ4n) is 8.89. The molecule has 1 saturated heterocycles. The van der Waals surface area contributed by atoms with Crippen LogP contribution in [0.3, 0.4) is 0 Å². The largest absolute Gasteiger partial charge is 0.393 e. The van der Waals surface area contributed by atoms with Gasteiger partial charge in [0.15, 0.2) is 5.78 Å². The summed E-state index contributed by atoms with van der Waals surface area (Å²) in [4.78, 5) is 15.5. The highest BCUT2D eigenvalue weighted by molar-refractivity contribution is 5.95. The van der Waals surface area contributed by atoms with E-state index in [9.17, 15) is 15.0 Å². The van der Waals surface area contributed by atoms with Crippen molar-refractivity contribution in [1.29, 1.82) is 0 Å². The van der Waals surface area contributed by atoms with E-state index in [0.29, 0.717) is 36.0 Å². The average molecular weight is 442 g/mol. The second-order valence-corrected chi connectivity index (χ2v) is 12.4. The third-order valence-corrected chi connectivity index (χ3v) is 10.6. The lowest BCUT2D eigenvalue weighted by Gasteiger charge is -2.49. The van der Waals surface area contributed by atoms with Gasteiger partial charge < -0.3 is 15.1 Å². The first-order valence-electron chi connectivity index (χ1n) is 13.2. The molecule has 5 rings (SSSR count). The van der Waals surface area contributed by atoms with Crippen molar-refractivity contribution in [2.75, 3.05) is 13.6 Å². The van der Waals surface area contributed by atoms with Gasteiger partial charge >= 0.3 is 0 Å². The van der Waals surface area contributed by atoms with Crippen LogP contribution in [0.2, 0.25) is 0 Å². The van der Waals surface area contributed by atoms with Crippen molar-refractivity contribution in [1.82, 2.24) is 4.90 Å². The molecule has 1 heterocycles. The Morgan fingerprint density at radius 1 is 1.16 bits per heavy atom. The Balaban J connectivity index is 1.40.